The van der Waals surface area contributed by atoms with E-state index in [4.69, 9.17) is 15.2 Å². The van der Waals surface area contributed by atoms with Gasteiger partial charge in [-0.25, -0.2) is 14.6 Å². The highest BCUT2D eigenvalue weighted by Crippen LogP contribution is 2.27. The summed E-state index contributed by atoms with van der Waals surface area (Å²) in [6, 6.07) is 9.67. The number of nitrogen functional groups attached to an aromatic ring is 1. The zero-order valence-electron chi connectivity index (χ0n) is 13.8. The molecule has 4 aromatic rings. The number of furan rings is 1. The molecule has 0 atom stereocenters. The van der Waals surface area contributed by atoms with Gasteiger partial charge >= 0.3 is 0 Å². The zero-order chi connectivity index (χ0) is 17.4. The second kappa shape index (κ2) is 6.21. The van der Waals surface area contributed by atoms with E-state index in [0.717, 1.165) is 33.7 Å². The lowest BCUT2D eigenvalue weighted by Crippen LogP contribution is -2.11. The Morgan fingerprint density at radius 2 is 1.84 bits per heavy atom. The van der Waals surface area contributed by atoms with Gasteiger partial charge in [0.25, 0.3) is 0 Å². The zero-order valence-corrected chi connectivity index (χ0v) is 14.6. The number of hydrogen-bond acceptors (Lipinski definition) is 7. The van der Waals surface area contributed by atoms with Crippen LogP contribution >= 0.6 is 11.8 Å². The fourth-order valence-electron chi connectivity index (χ4n) is 2.57. The minimum absolute atomic E-state index is 0.579. The summed E-state index contributed by atoms with van der Waals surface area (Å²) >= 11 is 1.48. The molecule has 7 nitrogen and oxygen atoms in total. The van der Waals surface area contributed by atoms with Crippen molar-refractivity contribution in [3.05, 3.63) is 53.7 Å². The summed E-state index contributed by atoms with van der Waals surface area (Å²) in [5.74, 6) is 8.10. The van der Waals surface area contributed by atoms with Gasteiger partial charge in [0.1, 0.15) is 5.76 Å². The molecule has 3 aromatic heterocycles. The van der Waals surface area contributed by atoms with Gasteiger partial charge in [-0.3, -0.25) is 0 Å². The smallest absolute Gasteiger partial charge is 0.210 e. The Morgan fingerprint density at radius 1 is 1.08 bits per heavy atom. The molecular formula is C17H16N6OS. The summed E-state index contributed by atoms with van der Waals surface area (Å²) in [4.78, 5) is 9.30. The largest absolute Gasteiger partial charge is 0.469 e. The first-order valence-electron chi connectivity index (χ1n) is 7.73. The minimum atomic E-state index is 0.579. The molecule has 0 aliphatic rings. The molecule has 8 heteroatoms. The van der Waals surface area contributed by atoms with Gasteiger partial charge in [0.15, 0.2) is 5.82 Å². The highest BCUT2D eigenvalue weighted by atomic mass is 32.2. The van der Waals surface area contributed by atoms with E-state index < -0.39 is 0 Å². The van der Waals surface area contributed by atoms with Gasteiger partial charge in [-0.05, 0) is 32.0 Å². The molecule has 0 saturated heterocycles. The first-order valence-corrected chi connectivity index (χ1v) is 8.72. The maximum atomic E-state index is 6.15. The van der Waals surface area contributed by atoms with Gasteiger partial charge in [0, 0.05) is 5.75 Å². The number of fused-ring (bicyclic) bond motifs is 1. The van der Waals surface area contributed by atoms with Gasteiger partial charge < -0.3 is 10.3 Å². The average molecular weight is 352 g/mol. The molecule has 4 rings (SSSR count). The summed E-state index contributed by atoms with van der Waals surface area (Å²) in [6.45, 7) is 3.83. The Labute approximate surface area is 148 Å². The molecule has 25 heavy (non-hydrogen) atoms. The van der Waals surface area contributed by atoms with Crippen LogP contribution in [0.1, 0.15) is 17.1 Å². The van der Waals surface area contributed by atoms with Crippen molar-refractivity contribution >= 4 is 22.8 Å². The van der Waals surface area contributed by atoms with Crippen LogP contribution in [0.3, 0.4) is 0 Å². The monoisotopic (exact) mass is 352 g/mol. The van der Waals surface area contributed by atoms with Crippen LogP contribution in [0.15, 0.2) is 46.2 Å². The van der Waals surface area contributed by atoms with Crippen LogP contribution in [0, 0.1) is 13.8 Å². The number of nitrogens with zero attached hydrogens (tertiary/aromatic N) is 5. The predicted octanol–water partition coefficient (Wildman–Crippen LogP) is 3.10. The second-order valence-corrected chi connectivity index (χ2v) is 6.54. The first kappa shape index (κ1) is 15.6. The molecule has 0 bridgehead atoms. The van der Waals surface area contributed by atoms with E-state index in [-0.39, 0.29) is 0 Å². The third kappa shape index (κ3) is 2.85. The molecule has 0 fully saturated rings. The van der Waals surface area contributed by atoms with E-state index in [1.54, 1.807) is 6.26 Å². The van der Waals surface area contributed by atoms with Gasteiger partial charge in [0.05, 0.1) is 34.2 Å². The van der Waals surface area contributed by atoms with Gasteiger partial charge in [-0.15, -0.1) is 10.2 Å². The molecule has 3 heterocycles. The fraction of sp³-hybridized carbons (Fsp3) is 0.176. The molecule has 126 valence electrons. The van der Waals surface area contributed by atoms with Crippen molar-refractivity contribution in [3.63, 3.8) is 0 Å². The first-order chi connectivity index (χ1) is 12.1. The van der Waals surface area contributed by atoms with Crippen LogP contribution in [0.2, 0.25) is 0 Å². The summed E-state index contributed by atoms with van der Waals surface area (Å²) < 4.78 is 6.79. The normalized spacial score (nSPS) is 11.3. The Morgan fingerprint density at radius 3 is 2.56 bits per heavy atom. The van der Waals surface area contributed by atoms with Crippen molar-refractivity contribution in [2.75, 3.05) is 5.84 Å². The highest BCUT2D eigenvalue weighted by molar-refractivity contribution is 7.98. The van der Waals surface area contributed by atoms with E-state index in [2.05, 4.69) is 15.2 Å². The van der Waals surface area contributed by atoms with Crippen LogP contribution < -0.4 is 5.84 Å². The van der Waals surface area contributed by atoms with Crippen LogP contribution in [0.25, 0.3) is 22.4 Å². The number of para-hydroxylation sites is 2. The third-order valence-corrected chi connectivity index (χ3v) is 4.90. The van der Waals surface area contributed by atoms with Gasteiger partial charge in [0.2, 0.25) is 5.16 Å². The lowest BCUT2D eigenvalue weighted by atomic mass is 10.2. The van der Waals surface area contributed by atoms with Gasteiger partial charge in [-0.1, -0.05) is 23.9 Å². The van der Waals surface area contributed by atoms with Crippen molar-refractivity contribution in [1.29, 1.82) is 0 Å². The summed E-state index contributed by atoms with van der Waals surface area (Å²) in [5, 5.41) is 8.97. The van der Waals surface area contributed by atoms with Crippen molar-refractivity contribution < 1.29 is 4.42 Å². The van der Waals surface area contributed by atoms with Crippen molar-refractivity contribution in [2.45, 2.75) is 24.8 Å². The third-order valence-electron chi connectivity index (χ3n) is 3.95. The SMILES string of the molecule is Cc1nc2ccccc2nc1CSc1nnc(-c2ccoc2C)n1N. The number of aryl methyl sites for hydroxylation is 2. The lowest BCUT2D eigenvalue weighted by molar-refractivity contribution is 0.535. The molecule has 0 unspecified atom stereocenters. The molecule has 0 radical (unpaired) electrons. The van der Waals surface area contributed by atoms with Crippen LogP contribution in [-0.2, 0) is 5.75 Å². The van der Waals surface area contributed by atoms with E-state index in [9.17, 15) is 0 Å². The van der Waals surface area contributed by atoms with E-state index in [1.165, 1.54) is 16.4 Å². The Balaban J connectivity index is 1.59. The van der Waals surface area contributed by atoms with Crippen LogP contribution in [0.4, 0.5) is 0 Å². The predicted molar refractivity (Wildman–Crippen MR) is 96.4 cm³/mol. The molecular weight excluding hydrogens is 336 g/mol. The van der Waals surface area contributed by atoms with Crippen LogP contribution in [-0.4, -0.2) is 24.8 Å². The van der Waals surface area contributed by atoms with E-state index >= 15 is 0 Å². The molecule has 0 aliphatic carbocycles. The Hall–Kier alpha value is -2.87. The number of hydrogen-bond donors (Lipinski definition) is 1. The highest BCUT2D eigenvalue weighted by Gasteiger charge is 2.16. The Bertz CT molecular complexity index is 1050. The minimum Gasteiger partial charge on any atom is -0.469 e. The molecule has 0 saturated carbocycles. The number of thioether (sulfide) groups is 1. The van der Waals surface area contributed by atoms with Gasteiger partial charge in [-0.2, -0.15) is 0 Å². The lowest BCUT2D eigenvalue weighted by Gasteiger charge is -2.06. The quantitative estimate of drug-likeness (QED) is 0.445. The van der Waals surface area contributed by atoms with E-state index in [1.807, 2.05) is 44.2 Å². The summed E-state index contributed by atoms with van der Waals surface area (Å²) in [5.41, 5.74) is 4.43. The van der Waals surface area contributed by atoms with E-state index in [0.29, 0.717) is 16.7 Å². The fourth-order valence-corrected chi connectivity index (χ4v) is 3.43. The number of rotatable bonds is 4. The molecule has 0 spiro atoms. The van der Waals surface area contributed by atoms with Crippen molar-refractivity contribution in [1.82, 2.24) is 24.8 Å². The standard InChI is InChI=1S/C17H16N6OS/c1-10-15(20-14-6-4-3-5-13(14)19-10)9-25-17-22-21-16(23(17)18)12-7-8-24-11(12)2/h3-8H,9,18H2,1-2H3. The molecule has 2 N–H and O–H groups in total. The Kier molecular flexibility index (Phi) is 3.89. The van der Waals surface area contributed by atoms with Crippen molar-refractivity contribution in [3.8, 4) is 11.4 Å². The second-order valence-electron chi connectivity index (χ2n) is 5.60. The number of aromatic nitrogens is 5. The maximum Gasteiger partial charge on any atom is 0.210 e. The topological polar surface area (TPSA) is 95.6 Å². The summed E-state index contributed by atoms with van der Waals surface area (Å²) in [6.07, 6.45) is 1.61. The maximum absolute atomic E-state index is 6.15. The average Bonchev–Trinajstić information content (AvgIpc) is 3.18. The molecule has 0 aliphatic heterocycles. The number of benzene rings is 1. The van der Waals surface area contributed by atoms with Crippen LogP contribution in [0.5, 0.6) is 0 Å². The van der Waals surface area contributed by atoms with Crippen molar-refractivity contribution in [2.24, 2.45) is 0 Å². The molecule has 0 amide bonds. The molecule has 1 aromatic carbocycles. The number of nitrogens with two attached hydrogens (primary N) is 1. The summed E-state index contributed by atoms with van der Waals surface area (Å²) in [7, 11) is 0.